The lowest BCUT2D eigenvalue weighted by Crippen LogP contribution is -2.44. The molecule has 1 aromatic carbocycles. The number of halogens is 2. The van der Waals surface area contributed by atoms with Crippen LogP contribution in [0.2, 0.25) is 5.02 Å². The third-order valence-electron chi connectivity index (χ3n) is 3.32. The molecule has 4 nitrogen and oxygen atoms in total. The van der Waals surface area contributed by atoms with Crippen LogP contribution in [0.5, 0.6) is 0 Å². The number of nitrogens with zero attached hydrogens (tertiary/aromatic N) is 1. The molecule has 0 saturated carbocycles. The minimum absolute atomic E-state index is 0.114. The summed E-state index contributed by atoms with van der Waals surface area (Å²) in [7, 11) is 0. The fraction of sp³-hybridized carbons (Fsp3) is 0.500. The van der Waals surface area contributed by atoms with Crippen molar-refractivity contribution >= 4 is 33.4 Å². The molecule has 110 valence electrons. The van der Waals surface area contributed by atoms with Crippen molar-refractivity contribution in [3.05, 3.63) is 33.3 Å². The molecule has 1 fully saturated rings. The molecule has 0 aromatic heterocycles. The smallest absolute Gasteiger partial charge is 0.252 e. The Hall–Kier alpha value is -0.620. The van der Waals surface area contributed by atoms with Crippen LogP contribution in [0, 0.1) is 0 Å². The monoisotopic (exact) mass is 359 g/mol. The van der Waals surface area contributed by atoms with Gasteiger partial charge in [0.05, 0.1) is 10.6 Å². The van der Waals surface area contributed by atoms with Crippen molar-refractivity contribution < 1.29 is 4.79 Å². The zero-order chi connectivity index (χ0) is 14.4. The third kappa shape index (κ3) is 4.74. The number of hydrogen-bond acceptors (Lipinski definition) is 3. The Morgan fingerprint density at radius 1 is 1.40 bits per heavy atom. The van der Waals surface area contributed by atoms with E-state index in [4.69, 9.17) is 11.6 Å². The largest absolute Gasteiger partial charge is 0.352 e. The van der Waals surface area contributed by atoms with Crippen molar-refractivity contribution in [3.8, 4) is 0 Å². The van der Waals surface area contributed by atoms with Crippen LogP contribution in [0.3, 0.4) is 0 Å². The Labute approximate surface area is 133 Å². The summed E-state index contributed by atoms with van der Waals surface area (Å²) in [4.78, 5) is 14.4. The van der Waals surface area contributed by atoms with Crippen molar-refractivity contribution in [2.75, 3.05) is 39.3 Å². The van der Waals surface area contributed by atoms with Gasteiger partial charge in [-0.3, -0.25) is 4.79 Å². The standard InChI is InChI=1S/C14H19BrClN3O/c15-11-2-3-13(16)12(10-11)14(20)18-4-1-7-19-8-5-17-6-9-19/h2-3,10,17H,1,4-9H2,(H,18,20). The minimum Gasteiger partial charge on any atom is -0.352 e. The number of carbonyl (C=O) groups is 1. The van der Waals surface area contributed by atoms with Gasteiger partial charge >= 0.3 is 0 Å². The van der Waals surface area contributed by atoms with Gasteiger partial charge in [0.25, 0.3) is 5.91 Å². The van der Waals surface area contributed by atoms with Crippen LogP contribution < -0.4 is 10.6 Å². The second-order valence-corrected chi connectivity index (χ2v) is 6.15. The number of benzene rings is 1. The van der Waals surface area contributed by atoms with Gasteiger partial charge in [-0.2, -0.15) is 0 Å². The highest BCUT2D eigenvalue weighted by atomic mass is 79.9. The van der Waals surface area contributed by atoms with Crippen LogP contribution in [-0.4, -0.2) is 50.1 Å². The molecule has 1 aliphatic rings. The molecule has 1 aromatic rings. The average molecular weight is 361 g/mol. The molecule has 0 aliphatic carbocycles. The quantitative estimate of drug-likeness (QED) is 0.791. The minimum atomic E-state index is -0.114. The predicted octanol–water partition coefficient (Wildman–Crippen LogP) is 2.13. The lowest BCUT2D eigenvalue weighted by Gasteiger charge is -2.27. The number of hydrogen-bond donors (Lipinski definition) is 2. The maximum Gasteiger partial charge on any atom is 0.252 e. The Balaban J connectivity index is 1.73. The Morgan fingerprint density at radius 2 is 2.15 bits per heavy atom. The molecular formula is C14H19BrClN3O. The first kappa shape index (κ1) is 15.8. The van der Waals surface area contributed by atoms with Gasteiger partial charge in [-0.15, -0.1) is 0 Å². The molecule has 1 amide bonds. The van der Waals surface area contributed by atoms with Crippen LogP contribution in [0.4, 0.5) is 0 Å². The molecule has 0 atom stereocenters. The first-order chi connectivity index (χ1) is 9.66. The maximum absolute atomic E-state index is 12.0. The molecule has 0 spiro atoms. The lowest BCUT2D eigenvalue weighted by atomic mass is 10.2. The molecule has 20 heavy (non-hydrogen) atoms. The van der Waals surface area contributed by atoms with Crippen LogP contribution >= 0.6 is 27.5 Å². The fourth-order valence-electron chi connectivity index (χ4n) is 2.21. The SMILES string of the molecule is O=C(NCCCN1CCNCC1)c1cc(Br)ccc1Cl. The zero-order valence-electron chi connectivity index (χ0n) is 11.3. The number of amides is 1. The van der Waals surface area contributed by atoms with Crippen molar-refractivity contribution in [2.24, 2.45) is 0 Å². The highest BCUT2D eigenvalue weighted by Gasteiger charge is 2.11. The summed E-state index contributed by atoms with van der Waals surface area (Å²) in [5.74, 6) is -0.114. The number of rotatable bonds is 5. The molecule has 2 N–H and O–H groups in total. The molecule has 0 bridgehead atoms. The summed E-state index contributed by atoms with van der Waals surface area (Å²) in [6, 6.07) is 5.29. The van der Waals surface area contributed by atoms with E-state index in [1.165, 1.54) is 0 Å². The van der Waals surface area contributed by atoms with Gasteiger partial charge < -0.3 is 15.5 Å². The molecule has 0 radical (unpaired) electrons. The van der Waals surface area contributed by atoms with E-state index in [1.807, 2.05) is 6.07 Å². The number of nitrogens with one attached hydrogen (secondary N) is 2. The van der Waals surface area contributed by atoms with E-state index in [9.17, 15) is 4.79 Å². The van der Waals surface area contributed by atoms with Gasteiger partial charge in [-0.25, -0.2) is 0 Å². The van der Waals surface area contributed by atoms with Crippen molar-refractivity contribution in [1.82, 2.24) is 15.5 Å². The van der Waals surface area contributed by atoms with Crippen LogP contribution in [0.1, 0.15) is 16.8 Å². The average Bonchev–Trinajstić information content (AvgIpc) is 2.47. The summed E-state index contributed by atoms with van der Waals surface area (Å²) in [6.07, 6.45) is 0.956. The Bertz CT molecular complexity index is 464. The highest BCUT2D eigenvalue weighted by molar-refractivity contribution is 9.10. The summed E-state index contributed by atoms with van der Waals surface area (Å²) in [5.41, 5.74) is 0.517. The summed E-state index contributed by atoms with van der Waals surface area (Å²) in [5, 5.41) is 6.73. The van der Waals surface area contributed by atoms with E-state index in [-0.39, 0.29) is 5.91 Å². The molecule has 0 unspecified atom stereocenters. The molecule has 6 heteroatoms. The maximum atomic E-state index is 12.0. The van der Waals surface area contributed by atoms with E-state index < -0.39 is 0 Å². The summed E-state index contributed by atoms with van der Waals surface area (Å²) in [6.45, 7) is 5.98. The van der Waals surface area contributed by atoms with E-state index in [1.54, 1.807) is 12.1 Å². The van der Waals surface area contributed by atoms with Crippen molar-refractivity contribution in [2.45, 2.75) is 6.42 Å². The Kier molecular flexibility index (Phi) is 6.29. The molecule has 1 heterocycles. The molecule has 2 rings (SSSR count). The second kappa shape index (κ2) is 7.98. The molecule has 1 aliphatic heterocycles. The number of carbonyl (C=O) groups excluding carboxylic acids is 1. The first-order valence-corrected chi connectivity index (χ1v) is 8.00. The summed E-state index contributed by atoms with van der Waals surface area (Å²) < 4.78 is 0.855. The fourth-order valence-corrected chi connectivity index (χ4v) is 2.77. The van der Waals surface area contributed by atoms with E-state index in [2.05, 4.69) is 31.5 Å². The van der Waals surface area contributed by atoms with Gasteiger partial charge in [0, 0.05) is 37.2 Å². The van der Waals surface area contributed by atoms with E-state index in [0.29, 0.717) is 17.1 Å². The van der Waals surface area contributed by atoms with Crippen LogP contribution in [0.25, 0.3) is 0 Å². The molecular weight excluding hydrogens is 342 g/mol. The van der Waals surface area contributed by atoms with Gasteiger partial charge in [0.15, 0.2) is 0 Å². The lowest BCUT2D eigenvalue weighted by molar-refractivity contribution is 0.0951. The number of piperazine rings is 1. The van der Waals surface area contributed by atoms with Crippen molar-refractivity contribution in [3.63, 3.8) is 0 Å². The third-order valence-corrected chi connectivity index (χ3v) is 4.14. The summed E-state index contributed by atoms with van der Waals surface area (Å²) >= 11 is 9.38. The normalized spacial score (nSPS) is 16.1. The predicted molar refractivity (Wildman–Crippen MR) is 85.4 cm³/mol. The van der Waals surface area contributed by atoms with Crippen LogP contribution in [-0.2, 0) is 0 Å². The van der Waals surface area contributed by atoms with Gasteiger partial charge in [-0.05, 0) is 31.2 Å². The molecule has 1 saturated heterocycles. The second-order valence-electron chi connectivity index (χ2n) is 4.83. The van der Waals surface area contributed by atoms with E-state index >= 15 is 0 Å². The van der Waals surface area contributed by atoms with Gasteiger partial charge in [0.1, 0.15) is 0 Å². The van der Waals surface area contributed by atoms with Gasteiger partial charge in [-0.1, -0.05) is 27.5 Å². The van der Waals surface area contributed by atoms with Crippen molar-refractivity contribution in [1.29, 1.82) is 0 Å². The Morgan fingerprint density at radius 3 is 2.90 bits per heavy atom. The zero-order valence-corrected chi connectivity index (χ0v) is 13.6. The van der Waals surface area contributed by atoms with E-state index in [0.717, 1.165) is 43.6 Å². The first-order valence-electron chi connectivity index (χ1n) is 6.83. The topological polar surface area (TPSA) is 44.4 Å². The highest BCUT2D eigenvalue weighted by Crippen LogP contribution is 2.20. The van der Waals surface area contributed by atoms with Crippen LogP contribution in [0.15, 0.2) is 22.7 Å². The van der Waals surface area contributed by atoms with Gasteiger partial charge in [0.2, 0.25) is 0 Å².